The monoisotopic (exact) mass is 251 g/mol. The third-order valence-corrected chi connectivity index (χ3v) is 3.18. The summed E-state index contributed by atoms with van der Waals surface area (Å²) < 4.78 is 13.1. The lowest BCUT2D eigenvalue weighted by Gasteiger charge is -2.32. The molecule has 5 heteroatoms. The molecular formula is C13H18FN3O. The van der Waals surface area contributed by atoms with Gasteiger partial charge in [-0.3, -0.25) is 10.2 Å². The molecule has 0 bridgehead atoms. The van der Waals surface area contributed by atoms with Crippen molar-refractivity contribution in [3.05, 3.63) is 35.1 Å². The van der Waals surface area contributed by atoms with E-state index in [2.05, 4.69) is 17.4 Å². The molecule has 4 nitrogen and oxygen atoms in total. The molecule has 1 fully saturated rings. The van der Waals surface area contributed by atoms with E-state index < -0.39 is 0 Å². The second kappa shape index (κ2) is 5.46. The van der Waals surface area contributed by atoms with Crippen LogP contribution in [0.25, 0.3) is 0 Å². The maximum Gasteiger partial charge on any atom is 0.265 e. The van der Waals surface area contributed by atoms with Gasteiger partial charge in [-0.1, -0.05) is 0 Å². The number of benzene rings is 1. The van der Waals surface area contributed by atoms with Gasteiger partial charge in [-0.15, -0.1) is 0 Å². The Morgan fingerprint density at radius 2 is 1.94 bits per heavy atom. The summed E-state index contributed by atoms with van der Waals surface area (Å²) in [4.78, 5) is 14.2. The van der Waals surface area contributed by atoms with Crippen LogP contribution in [-0.4, -0.2) is 49.0 Å². The number of nitrogens with zero attached hydrogens (tertiary/aromatic N) is 2. The molecule has 1 heterocycles. The summed E-state index contributed by atoms with van der Waals surface area (Å²) in [6.07, 6.45) is 0. The van der Waals surface area contributed by atoms with Gasteiger partial charge in [0.15, 0.2) is 0 Å². The number of likely N-dealkylation sites (N-methyl/N-ethyl adjacent to an activating group) is 1. The SMILES string of the molecule is Cc1cc(C(=O)NN2CCN(C)CC2)ccc1F. The van der Waals surface area contributed by atoms with Crippen molar-refractivity contribution < 1.29 is 9.18 Å². The van der Waals surface area contributed by atoms with Crippen LogP contribution in [0, 0.1) is 12.7 Å². The fourth-order valence-electron chi connectivity index (χ4n) is 1.91. The molecule has 0 unspecified atom stereocenters. The second-order valence-electron chi connectivity index (χ2n) is 4.70. The largest absolute Gasteiger partial charge is 0.304 e. The summed E-state index contributed by atoms with van der Waals surface area (Å²) in [6, 6.07) is 4.41. The summed E-state index contributed by atoms with van der Waals surface area (Å²) in [5.41, 5.74) is 3.83. The summed E-state index contributed by atoms with van der Waals surface area (Å²) in [6.45, 7) is 5.14. The number of hydrazine groups is 1. The molecule has 1 amide bonds. The number of hydrogen-bond donors (Lipinski definition) is 1. The molecule has 0 aliphatic carbocycles. The second-order valence-corrected chi connectivity index (χ2v) is 4.70. The smallest absolute Gasteiger partial charge is 0.265 e. The molecule has 0 spiro atoms. The van der Waals surface area contributed by atoms with Crippen LogP contribution in [0.3, 0.4) is 0 Å². The molecule has 0 atom stereocenters. The van der Waals surface area contributed by atoms with Crippen LogP contribution in [0.1, 0.15) is 15.9 Å². The zero-order valence-electron chi connectivity index (χ0n) is 10.7. The van der Waals surface area contributed by atoms with Gasteiger partial charge in [-0.05, 0) is 37.7 Å². The van der Waals surface area contributed by atoms with Crippen molar-refractivity contribution in [2.75, 3.05) is 33.2 Å². The Morgan fingerprint density at radius 3 is 2.56 bits per heavy atom. The minimum atomic E-state index is -0.286. The van der Waals surface area contributed by atoms with Crippen molar-refractivity contribution in [3.8, 4) is 0 Å². The van der Waals surface area contributed by atoms with Gasteiger partial charge in [0.1, 0.15) is 5.82 Å². The number of aryl methyl sites for hydroxylation is 1. The maximum atomic E-state index is 13.1. The van der Waals surface area contributed by atoms with E-state index in [0.29, 0.717) is 11.1 Å². The summed E-state index contributed by atoms with van der Waals surface area (Å²) in [7, 11) is 2.06. The fraction of sp³-hybridized carbons (Fsp3) is 0.462. The van der Waals surface area contributed by atoms with Crippen LogP contribution in [0.5, 0.6) is 0 Å². The zero-order chi connectivity index (χ0) is 13.1. The molecule has 18 heavy (non-hydrogen) atoms. The fourth-order valence-corrected chi connectivity index (χ4v) is 1.91. The molecule has 98 valence electrons. The molecule has 0 saturated carbocycles. The van der Waals surface area contributed by atoms with Crippen molar-refractivity contribution in [3.63, 3.8) is 0 Å². The van der Waals surface area contributed by atoms with Crippen LogP contribution in [-0.2, 0) is 0 Å². The van der Waals surface area contributed by atoms with Crippen LogP contribution < -0.4 is 5.43 Å². The molecule has 1 aliphatic heterocycles. The third kappa shape index (κ3) is 3.05. The van der Waals surface area contributed by atoms with E-state index in [1.54, 1.807) is 13.0 Å². The number of halogens is 1. The van der Waals surface area contributed by atoms with Gasteiger partial charge in [0.25, 0.3) is 5.91 Å². The van der Waals surface area contributed by atoms with E-state index in [1.165, 1.54) is 12.1 Å². The van der Waals surface area contributed by atoms with Crippen LogP contribution in [0.4, 0.5) is 4.39 Å². The molecule has 1 aromatic carbocycles. The lowest BCUT2D eigenvalue weighted by Crippen LogP contribution is -2.52. The Kier molecular flexibility index (Phi) is 3.93. The highest BCUT2D eigenvalue weighted by atomic mass is 19.1. The number of piperazine rings is 1. The van der Waals surface area contributed by atoms with Gasteiger partial charge < -0.3 is 4.90 Å². The van der Waals surface area contributed by atoms with E-state index >= 15 is 0 Å². The first-order chi connectivity index (χ1) is 8.56. The zero-order valence-corrected chi connectivity index (χ0v) is 10.7. The van der Waals surface area contributed by atoms with Gasteiger partial charge in [0.2, 0.25) is 0 Å². The Hall–Kier alpha value is -1.46. The standard InChI is InChI=1S/C13H18FN3O/c1-10-9-11(3-4-12(10)14)13(18)15-17-7-5-16(2)6-8-17/h3-4,9H,5-8H2,1-2H3,(H,15,18). The number of amides is 1. The van der Waals surface area contributed by atoms with E-state index in [9.17, 15) is 9.18 Å². The minimum Gasteiger partial charge on any atom is -0.304 e. The van der Waals surface area contributed by atoms with Crippen molar-refractivity contribution in [1.82, 2.24) is 15.3 Å². The highest BCUT2D eigenvalue weighted by Crippen LogP contribution is 2.09. The van der Waals surface area contributed by atoms with Crippen LogP contribution in [0.2, 0.25) is 0 Å². The van der Waals surface area contributed by atoms with Gasteiger partial charge >= 0.3 is 0 Å². The van der Waals surface area contributed by atoms with Crippen molar-refractivity contribution in [1.29, 1.82) is 0 Å². The number of rotatable bonds is 2. The van der Waals surface area contributed by atoms with Gasteiger partial charge in [-0.25, -0.2) is 9.40 Å². The topological polar surface area (TPSA) is 35.6 Å². The number of carbonyl (C=O) groups is 1. The van der Waals surface area contributed by atoms with E-state index in [1.807, 2.05) is 5.01 Å². The average Bonchev–Trinajstić information content (AvgIpc) is 2.35. The predicted molar refractivity (Wildman–Crippen MR) is 67.7 cm³/mol. The highest BCUT2D eigenvalue weighted by molar-refractivity contribution is 5.94. The minimum absolute atomic E-state index is 0.178. The normalized spacial score (nSPS) is 17.7. The molecule has 0 aromatic heterocycles. The van der Waals surface area contributed by atoms with Crippen molar-refractivity contribution in [2.45, 2.75) is 6.92 Å². The van der Waals surface area contributed by atoms with Crippen molar-refractivity contribution >= 4 is 5.91 Å². The van der Waals surface area contributed by atoms with Gasteiger partial charge in [0, 0.05) is 31.7 Å². The lowest BCUT2D eigenvalue weighted by atomic mass is 10.1. The van der Waals surface area contributed by atoms with Crippen LogP contribution in [0.15, 0.2) is 18.2 Å². The van der Waals surface area contributed by atoms with E-state index in [-0.39, 0.29) is 11.7 Å². The summed E-state index contributed by atoms with van der Waals surface area (Å²) in [5.74, 6) is -0.464. The molecule has 1 aromatic rings. The van der Waals surface area contributed by atoms with E-state index in [0.717, 1.165) is 26.2 Å². The first-order valence-electron chi connectivity index (χ1n) is 6.07. The molecular weight excluding hydrogens is 233 g/mol. The quantitative estimate of drug-likeness (QED) is 0.852. The Balaban J connectivity index is 1.97. The van der Waals surface area contributed by atoms with E-state index in [4.69, 9.17) is 0 Å². The Bertz CT molecular complexity index is 442. The Morgan fingerprint density at radius 1 is 1.28 bits per heavy atom. The molecule has 1 saturated heterocycles. The molecule has 1 aliphatic rings. The summed E-state index contributed by atoms with van der Waals surface area (Å²) >= 11 is 0. The van der Waals surface area contributed by atoms with Gasteiger partial charge in [0.05, 0.1) is 0 Å². The maximum absolute atomic E-state index is 13.1. The predicted octanol–water partition coefficient (Wildman–Crippen LogP) is 1.03. The first-order valence-corrected chi connectivity index (χ1v) is 6.07. The Labute approximate surface area is 106 Å². The first kappa shape index (κ1) is 13.0. The number of nitrogens with one attached hydrogen (secondary N) is 1. The lowest BCUT2D eigenvalue weighted by molar-refractivity contribution is 0.0662. The van der Waals surface area contributed by atoms with Crippen molar-refractivity contribution in [2.24, 2.45) is 0 Å². The molecule has 0 radical (unpaired) electrons. The number of hydrogen-bond acceptors (Lipinski definition) is 3. The van der Waals surface area contributed by atoms with Crippen LogP contribution >= 0.6 is 0 Å². The third-order valence-electron chi connectivity index (χ3n) is 3.18. The highest BCUT2D eigenvalue weighted by Gasteiger charge is 2.16. The van der Waals surface area contributed by atoms with Gasteiger partial charge in [-0.2, -0.15) is 0 Å². The molecule has 1 N–H and O–H groups in total. The molecule has 2 rings (SSSR count). The number of carbonyl (C=O) groups excluding carboxylic acids is 1. The average molecular weight is 251 g/mol. The summed E-state index contributed by atoms with van der Waals surface area (Å²) in [5, 5.41) is 1.90.